The van der Waals surface area contributed by atoms with Crippen molar-refractivity contribution in [1.29, 1.82) is 0 Å². The molecule has 2 rings (SSSR count). The van der Waals surface area contributed by atoms with E-state index in [-0.39, 0.29) is 0 Å². The van der Waals surface area contributed by atoms with Crippen LogP contribution in [-0.4, -0.2) is 29.0 Å². The lowest BCUT2D eigenvalue weighted by Crippen LogP contribution is -2.24. The van der Waals surface area contributed by atoms with Crippen LogP contribution >= 0.6 is 11.8 Å². The van der Waals surface area contributed by atoms with Gasteiger partial charge in [-0.15, -0.1) is 0 Å². The average molecular weight is 332 g/mol. The monoisotopic (exact) mass is 332 g/mol. The molecule has 1 heterocycles. The van der Waals surface area contributed by atoms with Gasteiger partial charge in [0.25, 0.3) is 0 Å². The fraction of sp³-hybridized carbons (Fsp3) is 0.294. The third-order valence-electron chi connectivity index (χ3n) is 3.28. The van der Waals surface area contributed by atoms with Gasteiger partial charge in [-0.05, 0) is 32.0 Å². The number of nitrogens with zero attached hydrogens (tertiary/aromatic N) is 2. The lowest BCUT2D eigenvalue weighted by atomic mass is 10.3. The molecule has 6 heteroatoms. The molecule has 0 spiro atoms. The van der Waals surface area contributed by atoms with Crippen LogP contribution in [0.25, 0.3) is 6.08 Å². The van der Waals surface area contributed by atoms with E-state index in [1.165, 1.54) is 7.11 Å². The zero-order valence-electron chi connectivity index (χ0n) is 13.7. The number of hydrogen-bond donors (Lipinski definition) is 0. The molecule has 0 unspecified atom stereocenters. The smallest absolute Gasteiger partial charge is 0.346 e. The summed E-state index contributed by atoms with van der Waals surface area (Å²) in [5, 5.41) is 5.43. The first-order chi connectivity index (χ1) is 11.0. The molecule has 1 aromatic heterocycles. The Balaban J connectivity index is 2.21. The number of ether oxygens (including phenoxy) is 2. The van der Waals surface area contributed by atoms with E-state index >= 15 is 0 Å². The fourth-order valence-electron chi connectivity index (χ4n) is 2.15. The van der Waals surface area contributed by atoms with Crippen LogP contribution in [-0.2, 0) is 16.6 Å². The minimum Gasteiger partial charge on any atom is -0.479 e. The maximum Gasteiger partial charge on any atom is 0.346 e. The van der Waals surface area contributed by atoms with E-state index in [9.17, 15) is 4.79 Å². The molecule has 0 bridgehead atoms. The maximum atomic E-state index is 11.4. The molecule has 5 nitrogen and oxygen atoms in total. The summed E-state index contributed by atoms with van der Waals surface area (Å²) in [6.45, 7) is 7.47. The molecule has 0 aliphatic rings. The van der Waals surface area contributed by atoms with Crippen LogP contribution in [0.4, 0.5) is 0 Å². The highest BCUT2D eigenvalue weighted by Crippen LogP contribution is 2.34. The summed E-state index contributed by atoms with van der Waals surface area (Å²) >= 11 is 1.57. The van der Waals surface area contributed by atoms with E-state index in [0.717, 1.165) is 21.2 Å². The quantitative estimate of drug-likeness (QED) is 0.758. The summed E-state index contributed by atoms with van der Waals surface area (Å²) in [4.78, 5) is 12.4. The Morgan fingerprint density at radius 3 is 2.87 bits per heavy atom. The summed E-state index contributed by atoms with van der Waals surface area (Å²) in [5.74, 6) is 0.214. The summed E-state index contributed by atoms with van der Waals surface area (Å²) < 4.78 is 12.1. The summed E-state index contributed by atoms with van der Waals surface area (Å²) in [6.07, 6.45) is 1.16. The van der Waals surface area contributed by atoms with Crippen molar-refractivity contribution in [3.05, 3.63) is 42.1 Å². The van der Waals surface area contributed by atoms with Crippen molar-refractivity contribution in [2.24, 2.45) is 7.05 Å². The van der Waals surface area contributed by atoms with Gasteiger partial charge in [0.2, 0.25) is 0 Å². The molecule has 2 aromatic rings. The highest BCUT2D eigenvalue weighted by atomic mass is 32.2. The largest absolute Gasteiger partial charge is 0.479 e. The Bertz CT molecular complexity index is 725. The second kappa shape index (κ2) is 7.37. The van der Waals surface area contributed by atoms with Gasteiger partial charge in [-0.1, -0.05) is 30.5 Å². The highest BCUT2D eigenvalue weighted by molar-refractivity contribution is 7.99. The van der Waals surface area contributed by atoms with Crippen LogP contribution in [0.2, 0.25) is 0 Å². The molecule has 0 saturated carbocycles. The lowest BCUT2D eigenvalue weighted by Gasteiger charge is -2.13. The SMILES string of the molecule is C=Cc1c(C)nn(C)c1Sc1cccc(O[C@@H](C)C(=O)OC)c1. The van der Waals surface area contributed by atoms with Gasteiger partial charge in [0.15, 0.2) is 6.10 Å². The molecule has 0 aliphatic heterocycles. The van der Waals surface area contributed by atoms with Crippen LogP contribution < -0.4 is 4.74 Å². The zero-order valence-corrected chi connectivity index (χ0v) is 14.5. The van der Waals surface area contributed by atoms with E-state index in [4.69, 9.17) is 4.74 Å². The molecule has 1 atom stereocenters. The van der Waals surface area contributed by atoms with Gasteiger partial charge in [-0.3, -0.25) is 4.68 Å². The van der Waals surface area contributed by atoms with Gasteiger partial charge in [0.05, 0.1) is 12.8 Å². The molecule has 122 valence electrons. The van der Waals surface area contributed by atoms with Crippen LogP contribution in [0.5, 0.6) is 5.75 Å². The fourth-order valence-corrected chi connectivity index (χ4v) is 3.21. The van der Waals surface area contributed by atoms with E-state index in [2.05, 4.69) is 16.4 Å². The first kappa shape index (κ1) is 17.1. The van der Waals surface area contributed by atoms with Crippen molar-refractivity contribution in [2.75, 3.05) is 7.11 Å². The van der Waals surface area contributed by atoms with Crippen LogP contribution in [0.3, 0.4) is 0 Å². The standard InChI is InChI=1S/C17H20N2O3S/c1-6-15-11(2)18-19(4)16(15)23-14-9-7-8-13(10-14)22-12(3)17(20)21-5/h6-10,12H,1H2,2-5H3/t12-/m0/s1. The average Bonchev–Trinajstić information content (AvgIpc) is 2.80. The number of esters is 1. The summed E-state index contributed by atoms with van der Waals surface area (Å²) in [5.41, 5.74) is 1.96. The van der Waals surface area contributed by atoms with Crippen molar-refractivity contribution >= 4 is 23.8 Å². The van der Waals surface area contributed by atoms with Gasteiger partial charge >= 0.3 is 5.97 Å². The predicted octanol–water partition coefficient (Wildman–Crippen LogP) is 3.46. The van der Waals surface area contributed by atoms with Crippen molar-refractivity contribution < 1.29 is 14.3 Å². The van der Waals surface area contributed by atoms with Gasteiger partial charge in [-0.25, -0.2) is 4.79 Å². The summed E-state index contributed by atoms with van der Waals surface area (Å²) in [6, 6.07) is 7.57. The van der Waals surface area contributed by atoms with Crippen LogP contribution in [0.1, 0.15) is 18.2 Å². The molecule has 0 radical (unpaired) electrons. The van der Waals surface area contributed by atoms with Gasteiger partial charge < -0.3 is 9.47 Å². The molecular weight excluding hydrogens is 312 g/mol. The molecule has 0 N–H and O–H groups in total. The maximum absolute atomic E-state index is 11.4. The highest BCUT2D eigenvalue weighted by Gasteiger charge is 2.16. The number of carbonyl (C=O) groups is 1. The normalized spacial score (nSPS) is 11.8. The molecule has 0 aliphatic carbocycles. The molecular formula is C17H20N2O3S. The zero-order chi connectivity index (χ0) is 17.0. The number of methoxy groups -OCH3 is 1. The minimum absolute atomic E-state index is 0.403. The third kappa shape index (κ3) is 3.96. The number of aromatic nitrogens is 2. The van der Waals surface area contributed by atoms with Crippen molar-refractivity contribution in [3.8, 4) is 5.75 Å². The number of rotatable bonds is 6. The molecule has 0 fully saturated rings. The van der Waals surface area contributed by atoms with Gasteiger partial charge in [0, 0.05) is 17.5 Å². The molecule has 0 amide bonds. The third-order valence-corrected chi connectivity index (χ3v) is 4.45. The van der Waals surface area contributed by atoms with Gasteiger partial charge in [0.1, 0.15) is 10.8 Å². The Morgan fingerprint density at radius 2 is 2.22 bits per heavy atom. The van der Waals surface area contributed by atoms with E-state index in [0.29, 0.717) is 5.75 Å². The summed E-state index contributed by atoms with van der Waals surface area (Å²) in [7, 11) is 3.25. The Hall–Kier alpha value is -2.21. The van der Waals surface area contributed by atoms with Crippen molar-refractivity contribution in [1.82, 2.24) is 9.78 Å². The second-order valence-corrected chi connectivity index (χ2v) is 6.05. The number of hydrogen-bond acceptors (Lipinski definition) is 5. The topological polar surface area (TPSA) is 53.4 Å². The number of benzene rings is 1. The van der Waals surface area contributed by atoms with Gasteiger partial charge in [-0.2, -0.15) is 5.10 Å². The van der Waals surface area contributed by atoms with Crippen molar-refractivity contribution in [2.45, 2.75) is 29.9 Å². The molecule has 0 saturated heterocycles. The Kier molecular flexibility index (Phi) is 5.50. The minimum atomic E-state index is -0.650. The number of aryl methyl sites for hydroxylation is 2. The van der Waals surface area contributed by atoms with E-state index < -0.39 is 12.1 Å². The first-order valence-electron chi connectivity index (χ1n) is 7.14. The van der Waals surface area contributed by atoms with Crippen LogP contribution in [0, 0.1) is 6.92 Å². The Labute approximate surface area is 140 Å². The lowest BCUT2D eigenvalue weighted by molar-refractivity contribution is -0.147. The Morgan fingerprint density at radius 1 is 1.48 bits per heavy atom. The number of carbonyl (C=O) groups excluding carboxylic acids is 1. The molecule has 23 heavy (non-hydrogen) atoms. The van der Waals surface area contributed by atoms with Crippen LogP contribution in [0.15, 0.2) is 40.8 Å². The second-order valence-electron chi connectivity index (χ2n) is 4.99. The predicted molar refractivity (Wildman–Crippen MR) is 90.7 cm³/mol. The molecule has 1 aromatic carbocycles. The van der Waals surface area contributed by atoms with E-state index in [1.807, 2.05) is 49.0 Å². The van der Waals surface area contributed by atoms with Crippen molar-refractivity contribution in [3.63, 3.8) is 0 Å². The van der Waals surface area contributed by atoms with E-state index in [1.54, 1.807) is 18.7 Å². The first-order valence-corrected chi connectivity index (χ1v) is 7.96.